The molecular formula is C23H27FIN5O3. The van der Waals surface area contributed by atoms with Gasteiger partial charge in [-0.1, -0.05) is 6.92 Å². The highest BCUT2D eigenvalue weighted by molar-refractivity contribution is 14.1. The van der Waals surface area contributed by atoms with E-state index >= 15 is 0 Å². The minimum atomic E-state index is -1.17. The summed E-state index contributed by atoms with van der Waals surface area (Å²) in [6, 6.07) is 7.23. The van der Waals surface area contributed by atoms with Crippen molar-refractivity contribution in [3.8, 4) is 5.75 Å². The quantitative estimate of drug-likeness (QED) is 0.419. The van der Waals surface area contributed by atoms with Gasteiger partial charge in [0.2, 0.25) is 0 Å². The zero-order valence-corrected chi connectivity index (χ0v) is 20.8. The van der Waals surface area contributed by atoms with Crippen molar-refractivity contribution in [2.45, 2.75) is 31.9 Å². The van der Waals surface area contributed by atoms with E-state index in [2.05, 4.69) is 13.8 Å². The molecule has 0 spiro atoms. The van der Waals surface area contributed by atoms with Crippen molar-refractivity contribution in [1.82, 2.24) is 15.2 Å². The number of rotatable bonds is 5. The second kappa shape index (κ2) is 9.70. The Hall–Kier alpha value is -2.63. The Morgan fingerprint density at radius 3 is 2.67 bits per heavy atom. The molecule has 1 fully saturated rings. The van der Waals surface area contributed by atoms with Crippen LogP contribution in [-0.2, 0) is 0 Å². The van der Waals surface area contributed by atoms with E-state index < -0.39 is 5.67 Å². The summed E-state index contributed by atoms with van der Waals surface area (Å²) < 4.78 is 23.4. The van der Waals surface area contributed by atoms with Crippen LogP contribution in [0.4, 0.5) is 21.6 Å². The molecule has 0 saturated carbocycles. The van der Waals surface area contributed by atoms with Gasteiger partial charge in [-0.3, -0.25) is 9.59 Å². The van der Waals surface area contributed by atoms with E-state index in [0.29, 0.717) is 73.9 Å². The van der Waals surface area contributed by atoms with E-state index in [4.69, 9.17) is 4.74 Å². The molecule has 2 aliphatic rings. The summed E-state index contributed by atoms with van der Waals surface area (Å²) in [4.78, 5) is 33.3. The summed E-state index contributed by atoms with van der Waals surface area (Å²) in [5.74, 6) is 0.802. The van der Waals surface area contributed by atoms with Crippen molar-refractivity contribution in [3.63, 3.8) is 0 Å². The topological polar surface area (TPSA) is 86.8 Å². The lowest BCUT2D eigenvalue weighted by Gasteiger charge is -2.36. The van der Waals surface area contributed by atoms with Gasteiger partial charge in [0.25, 0.3) is 11.8 Å². The number of aromatic nitrogens is 1. The zero-order valence-electron chi connectivity index (χ0n) is 18.7. The monoisotopic (exact) mass is 567 g/mol. The number of benzene rings is 1. The second-order valence-corrected chi connectivity index (χ2v) is 8.79. The van der Waals surface area contributed by atoms with Crippen LogP contribution in [0.2, 0.25) is 0 Å². The lowest BCUT2D eigenvalue weighted by atomic mass is 9.90. The van der Waals surface area contributed by atoms with Gasteiger partial charge in [-0.15, -0.1) is 0 Å². The van der Waals surface area contributed by atoms with Crippen LogP contribution in [0.3, 0.4) is 0 Å². The van der Waals surface area contributed by atoms with Crippen LogP contribution < -0.4 is 18.5 Å². The maximum Gasteiger partial charge on any atom is 0.255 e. The SMILES string of the molecule is CCC1(F)CCN(C(=O)c2cnc3c(c2)OCCN3c2ccc(C(=O)NC)c(NI)c2)CC1. The van der Waals surface area contributed by atoms with Gasteiger partial charge in [-0.2, -0.15) is 0 Å². The number of piperidine rings is 1. The van der Waals surface area contributed by atoms with Crippen molar-refractivity contribution in [2.75, 3.05) is 41.7 Å². The van der Waals surface area contributed by atoms with Gasteiger partial charge in [0.1, 0.15) is 12.3 Å². The van der Waals surface area contributed by atoms with Gasteiger partial charge >= 0.3 is 0 Å². The molecule has 176 valence electrons. The minimum Gasteiger partial charge on any atom is -0.488 e. The summed E-state index contributed by atoms with van der Waals surface area (Å²) in [5, 5.41) is 2.64. The van der Waals surface area contributed by atoms with Gasteiger partial charge in [0, 0.05) is 32.0 Å². The predicted molar refractivity (Wildman–Crippen MR) is 133 cm³/mol. The minimum absolute atomic E-state index is 0.157. The number of nitrogens with one attached hydrogen (secondary N) is 2. The standard InChI is InChI=1S/C23H27FIN5O3/c1-3-23(24)6-8-29(9-7-23)22(32)15-12-19-20(27-14-15)30(10-11-33-19)16-4-5-17(21(31)26-2)18(13-16)28-25/h4-5,12-14,28H,3,6-11H2,1-2H3,(H,26,31). The van der Waals surface area contributed by atoms with E-state index in [1.54, 1.807) is 30.3 Å². The van der Waals surface area contributed by atoms with E-state index in [1.807, 2.05) is 46.8 Å². The molecule has 0 radical (unpaired) electrons. The number of pyridine rings is 1. The first-order valence-corrected chi connectivity index (χ1v) is 12.1. The first kappa shape index (κ1) is 23.5. The fraction of sp³-hybridized carbons (Fsp3) is 0.435. The lowest BCUT2D eigenvalue weighted by molar-refractivity contribution is 0.0419. The highest BCUT2D eigenvalue weighted by Crippen LogP contribution is 2.37. The maximum atomic E-state index is 14.5. The van der Waals surface area contributed by atoms with Crippen molar-refractivity contribution in [2.24, 2.45) is 0 Å². The van der Waals surface area contributed by atoms with Crippen molar-refractivity contribution in [1.29, 1.82) is 0 Å². The van der Waals surface area contributed by atoms with Crippen molar-refractivity contribution in [3.05, 3.63) is 41.6 Å². The van der Waals surface area contributed by atoms with E-state index in [-0.39, 0.29) is 11.8 Å². The summed E-state index contributed by atoms with van der Waals surface area (Å²) in [5.41, 5.74) is 1.34. The number of hydrogen-bond acceptors (Lipinski definition) is 6. The molecule has 1 aromatic carbocycles. The molecule has 4 rings (SSSR count). The third-order valence-electron chi connectivity index (χ3n) is 6.38. The summed E-state index contributed by atoms with van der Waals surface area (Å²) in [6.07, 6.45) is 2.74. The number of fused-ring (bicyclic) bond motifs is 1. The van der Waals surface area contributed by atoms with E-state index in [9.17, 15) is 14.0 Å². The molecule has 0 unspecified atom stereocenters. The van der Waals surface area contributed by atoms with Crippen LogP contribution in [0.15, 0.2) is 30.5 Å². The van der Waals surface area contributed by atoms with E-state index in [1.165, 1.54) is 0 Å². The normalized spacial score (nSPS) is 17.1. The Bertz CT molecular complexity index is 1060. The van der Waals surface area contributed by atoms with Crippen LogP contribution in [0, 0.1) is 0 Å². The molecule has 1 saturated heterocycles. The summed E-state index contributed by atoms with van der Waals surface area (Å²) in [6.45, 7) is 3.66. The Morgan fingerprint density at radius 1 is 1.24 bits per heavy atom. The Kier molecular flexibility index (Phi) is 6.91. The summed E-state index contributed by atoms with van der Waals surface area (Å²) in [7, 11) is 1.59. The molecule has 2 N–H and O–H groups in total. The number of carbonyl (C=O) groups excluding carboxylic acids is 2. The molecular weight excluding hydrogens is 540 g/mol. The van der Waals surface area contributed by atoms with Gasteiger partial charge in [-0.05, 0) is 43.5 Å². The predicted octanol–water partition coefficient (Wildman–Crippen LogP) is 4.09. The molecule has 0 aliphatic carbocycles. The van der Waals surface area contributed by atoms with Crippen LogP contribution in [-0.4, -0.2) is 60.7 Å². The van der Waals surface area contributed by atoms with E-state index in [0.717, 1.165) is 5.69 Å². The number of alkyl halides is 1. The third-order valence-corrected chi connectivity index (χ3v) is 6.96. The molecule has 3 heterocycles. The molecule has 33 heavy (non-hydrogen) atoms. The highest BCUT2D eigenvalue weighted by Gasteiger charge is 2.35. The van der Waals surface area contributed by atoms with Crippen molar-refractivity contribution < 1.29 is 18.7 Å². The van der Waals surface area contributed by atoms with Crippen LogP contribution in [0.1, 0.15) is 46.9 Å². The number of carbonyl (C=O) groups is 2. The van der Waals surface area contributed by atoms with Gasteiger partial charge < -0.3 is 23.4 Å². The average Bonchev–Trinajstić information content (AvgIpc) is 2.87. The average molecular weight is 567 g/mol. The number of amides is 2. The Morgan fingerprint density at radius 2 is 2.00 bits per heavy atom. The molecule has 10 heteroatoms. The number of halogens is 2. The number of likely N-dealkylation sites (tertiary alicyclic amines) is 1. The lowest BCUT2D eigenvalue weighted by Crippen LogP contribution is -2.44. The largest absolute Gasteiger partial charge is 0.488 e. The molecule has 2 aliphatic heterocycles. The smallest absolute Gasteiger partial charge is 0.255 e. The third kappa shape index (κ3) is 4.71. The summed E-state index contributed by atoms with van der Waals surface area (Å²) >= 11 is 2.00. The molecule has 2 amide bonds. The molecule has 8 nitrogen and oxygen atoms in total. The Labute approximate surface area is 206 Å². The first-order valence-electron chi connectivity index (χ1n) is 11.0. The fourth-order valence-electron chi connectivity index (χ4n) is 4.23. The van der Waals surface area contributed by atoms with Crippen LogP contribution in [0.25, 0.3) is 0 Å². The number of ether oxygens (including phenoxy) is 1. The number of hydrogen-bond donors (Lipinski definition) is 2. The highest BCUT2D eigenvalue weighted by atomic mass is 127. The number of anilines is 3. The molecule has 1 aromatic heterocycles. The first-order chi connectivity index (χ1) is 15.9. The Balaban J connectivity index is 1.57. The van der Waals surface area contributed by atoms with Crippen LogP contribution >= 0.6 is 22.9 Å². The van der Waals surface area contributed by atoms with Gasteiger partial charge in [0.05, 0.1) is 46.2 Å². The zero-order chi connectivity index (χ0) is 23.6. The molecule has 0 bridgehead atoms. The molecule has 2 aromatic rings. The maximum absolute atomic E-state index is 14.5. The van der Waals surface area contributed by atoms with Gasteiger partial charge in [-0.25, -0.2) is 9.37 Å². The van der Waals surface area contributed by atoms with Crippen LogP contribution in [0.5, 0.6) is 5.75 Å². The van der Waals surface area contributed by atoms with Gasteiger partial charge in [0.15, 0.2) is 11.6 Å². The molecule has 0 atom stereocenters. The second-order valence-electron chi connectivity index (χ2n) is 8.25. The fourth-order valence-corrected chi connectivity index (χ4v) is 4.67. The number of nitrogens with zero attached hydrogens (tertiary/aromatic N) is 3. The van der Waals surface area contributed by atoms with Crippen molar-refractivity contribution >= 4 is 51.9 Å².